The lowest BCUT2D eigenvalue weighted by Crippen LogP contribution is -2.24. The highest BCUT2D eigenvalue weighted by atomic mass is 16.5. The number of unbranched alkanes of at least 4 members (excludes halogenated alkanes) is 1. The summed E-state index contributed by atoms with van der Waals surface area (Å²) in [5.41, 5.74) is -0.128. The highest BCUT2D eigenvalue weighted by Gasteiger charge is 2.10. The molecule has 0 spiro atoms. The van der Waals surface area contributed by atoms with Gasteiger partial charge in [0.1, 0.15) is 0 Å². The summed E-state index contributed by atoms with van der Waals surface area (Å²) in [7, 11) is 0. The monoisotopic (exact) mass is 338 g/mol. The fourth-order valence-corrected chi connectivity index (χ4v) is 1.22. The molecule has 2 N–H and O–H groups in total. The number of hydrogen-bond acceptors (Lipinski definition) is 6. The third kappa shape index (κ3) is 30.2. The minimum atomic E-state index is -0.357. The molecule has 0 aromatic carbocycles. The van der Waals surface area contributed by atoms with E-state index in [-0.39, 0.29) is 18.3 Å². The molecule has 0 saturated heterocycles. The van der Waals surface area contributed by atoms with E-state index in [2.05, 4.69) is 6.92 Å². The van der Waals surface area contributed by atoms with Gasteiger partial charge in [0.05, 0.1) is 58.0 Å². The van der Waals surface area contributed by atoms with Crippen molar-refractivity contribution in [2.75, 3.05) is 52.9 Å². The SMILES string of the molecule is CC(O)COC(C)(C)C.CCCCOCCOCCOCCO. The van der Waals surface area contributed by atoms with Gasteiger partial charge in [0.25, 0.3) is 0 Å². The molecule has 0 bridgehead atoms. The first-order chi connectivity index (χ1) is 10.8. The van der Waals surface area contributed by atoms with E-state index in [0.717, 1.165) is 19.4 Å². The van der Waals surface area contributed by atoms with Gasteiger partial charge >= 0.3 is 0 Å². The van der Waals surface area contributed by atoms with Gasteiger partial charge < -0.3 is 29.2 Å². The topological polar surface area (TPSA) is 77.4 Å². The van der Waals surface area contributed by atoms with E-state index in [1.54, 1.807) is 6.92 Å². The first-order valence-corrected chi connectivity index (χ1v) is 8.49. The smallest absolute Gasteiger partial charge is 0.0745 e. The second-order valence-electron chi connectivity index (χ2n) is 6.19. The van der Waals surface area contributed by atoms with Gasteiger partial charge in [-0.15, -0.1) is 0 Å². The maximum atomic E-state index is 8.79. The van der Waals surface area contributed by atoms with Crippen LogP contribution in [0.4, 0.5) is 0 Å². The summed E-state index contributed by atoms with van der Waals surface area (Å²) in [5.74, 6) is 0. The minimum absolute atomic E-state index is 0.0696. The number of aliphatic hydroxyl groups is 2. The lowest BCUT2D eigenvalue weighted by atomic mass is 10.2. The molecule has 0 fully saturated rings. The molecular formula is C17H38O6. The molecular weight excluding hydrogens is 300 g/mol. The largest absolute Gasteiger partial charge is 0.394 e. The van der Waals surface area contributed by atoms with Gasteiger partial charge in [-0.3, -0.25) is 0 Å². The molecule has 6 heteroatoms. The summed E-state index contributed by atoms with van der Waals surface area (Å²) in [6.07, 6.45) is 1.92. The lowest BCUT2D eigenvalue weighted by molar-refractivity contribution is -0.0436. The predicted octanol–water partition coefficient (Wildman–Crippen LogP) is 2.01. The van der Waals surface area contributed by atoms with Gasteiger partial charge in [0.2, 0.25) is 0 Å². The third-order valence-electron chi connectivity index (χ3n) is 2.38. The van der Waals surface area contributed by atoms with Crippen molar-refractivity contribution in [1.82, 2.24) is 0 Å². The van der Waals surface area contributed by atoms with E-state index < -0.39 is 0 Å². The summed E-state index contributed by atoms with van der Waals surface area (Å²) in [4.78, 5) is 0. The number of aliphatic hydroxyl groups excluding tert-OH is 2. The summed E-state index contributed by atoms with van der Waals surface area (Å²) in [6, 6.07) is 0. The van der Waals surface area contributed by atoms with Crippen LogP contribution in [0.15, 0.2) is 0 Å². The van der Waals surface area contributed by atoms with Crippen LogP contribution in [0.5, 0.6) is 0 Å². The maximum Gasteiger partial charge on any atom is 0.0745 e. The molecule has 0 aliphatic carbocycles. The summed E-state index contributed by atoms with van der Waals surface area (Å²) in [5, 5.41) is 17.2. The maximum absolute atomic E-state index is 8.79. The van der Waals surface area contributed by atoms with Crippen molar-refractivity contribution in [1.29, 1.82) is 0 Å². The van der Waals surface area contributed by atoms with Crippen LogP contribution in [-0.2, 0) is 18.9 Å². The van der Waals surface area contributed by atoms with Crippen LogP contribution in [-0.4, -0.2) is 74.8 Å². The molecule has 6 nitrogen and oxygen atoms in total. The molecule has 0 aromatic heterocycles. The quantitative estimate of drug-likeness (QED) is 0.500. The van der Waals surface area contributed by atoms with E-state index in [4.69, 9.17) is 29.2 Å². The molecule has 0 radical (unpaired) electrons. The van der Waals surface area contributed by atoms with Crippen LogP contribution in [0.25, 0.3) is 0 Å². The van der Waals surface area contributed by atoms with Crippen LogP contribution in [0.3, 0.4) is 0 Å². The summed E-state index contributed by atoms with van der Waals surface area (Å²) >= 11 is 0. The molecule has 0 rings (SSSR count). The predicted molar refractivity (Wildman–Crippen MR) is 91.8 cm³/mol. The fraction of sp³-hybridized carbons (Fsp3) is 1.00. The zero-order valence-electron chi connectivity index (χ0n) is 15.7. The van der Waals surface area contributed by atoms with Crippen molar-refractivity contribution in [2.45, 2.75) is 59.2 Å². The van der Waals surface area contributed by atoms with Crippen LogP contribution < -0.4 is 0 Å². The van der Waals surface area contributed by atoms with Gasteiger partial charge in [-0.25, -0.2) is 0 Å². The Morgan fingerprint density at radius 1 is 0.870 bits per heavy atom. The Balaban J connectivity index is 0. The Hall–Kier alpha value is -0.240. The second kappa shape index (κ2) is 18.1. The fourth-order valence-electron chi connectivity index (χ4n) is 1.22. The van der Waals surface area contributed by atoms with Crippen molar-refractivity contribution >= 4 is 0 Å². The Kier molecular flexibility index (Phi) is 19.7. The van der Waals surface area contributed by atoms with E-state index in [1.165, 1.54) is 0 Å². The third-order valence-corrected chi connectivity index (χ3v) is 2.38. The molecule has 0 aromatic rings. The molecule has 1 atom stereocenters. The standard InChI is InChI=1S/C10H22O4.C7H16O2/c1-2-3-5-12-7-9-14-10-8-13-6-4-11;1-6(8)5-9-7(2,3)4/h11H,2-10H2,1H3;6,8H,5H2,1-4H3. The zero-order valence-corrected chi connectivity index (χ0v) is 15.7. The van der Waals surface area contributed by atoms with Crippen molar-refractivity contribution < 1.29 is 29.2 Å². The highest BCUT2D eigenvalue weighted by molar-refractivity contribution is 4.59. The van der Waals surface area contributed by atoms with Gasteiger partial charge in [0, 0.05) is 6.61 Å². The van der Waals surface area contributed by atoms with Crippen molar-refractivity contribution in [3.63, 3.8) is 0 Å². The Bertz CT molecular complexity index is 204. The van der Waals surface area contributed by atoms with Gasteiger partial charge in [0.15, 0.2) is 0 Å². The summed E-state index contributed by atoms with van der Waals surface area (Å²) < 4.78 is 20.8. The summed E-state index contributed by atoms with van der Waals surface area (Å²) in [6.45, 7) is 13.8. The first kappa shape index (κ1) is 25.0. The average molecular weight is 338 g/mol. The number of rotatable bonds is 13. The van der Waals surface area contributed by atoms with Gasteiger partial charge in [-0.05, 0) is 34.1 Å². The van der Waals surface area contributed by atoms with E-state index in [0.29, 0.717) is 39.6 Å². The first-order valence-electron chi connectivity index (χ1n) is 8.49. The average Bonchev–Trinajstić information content (AvgIpc) is 2.47. The molecule has 0 amide bonds. The second-order valence-corrected chi connectivity index (χ2v) is 6.19. The van der Waals surface area contributed by atoms with E-state index in [1.807, 2.05) is 20.8 Å². The lowest BCUT2D eigenvalue weighted by Gasteiger charge is -2.20. The Labute approximate surface area is 142 Å². The minimum Gasteiger partial charge on any atom is -0.394 e. The van der Waals surface area contributed by atoms with Crippen molar-refractivity contribution in [3.05, 3.63) is 0 Å². The highest BCUT2D eigenvalue weighted by Crippen LogP contribution is 2.06. The molecule has 0 heterocycles. The number of hydrogen-bond donors (Lipinski definition) is 2. The molecule has 0 aliphatic heterocycles. The molecule has 1 unspecified atom stereocenters. The van der Waals surface area contributed by atoms with Crippen molar-refractivity contribution in [3.8, 4) is 0 Å². The van der Waals surface area contributed by atoms with E-state index in [9.17, 15) is 0 Å². The van der Waals surface area contributed by atoms with Gasteiger partial charge in [-0.1, -0.05) is 13.3 Å². The Morgan fingerprint density at radius 2 is 1.35 bits per heavy atom. The molecule has 142 valence electrons. The molecule has 0 aliphatic rings. The van der Waals surface area contributed by atoms with Crippen LogP contribution >= 0.6 is 0 Å². The zero-order chi connectivity index (χ0) is 18.0. The van der Waals surface area contributed by atoms with Crippen LogP contribution in [0.2, 0.25) is 0 Å². The Morgan fingerprint density at radius 3 is 1.70 bits per heavy atom. The normalized spacial score (nSPS) is 12.7. The molecule has 23 heavy (non-hydrogen) atoms. The van der Waals surface area contributed by atoms with Crippen molar-refractivity contribution in [2.24, 2.45) is 0 Å². The van der Waals surface area contributed by atoms with Gasteiger partial charge in [-0.2, -0.15) is 0 Å². The van der Waals surface area contributed by atoms with E-state index >= 15 is 0 Å². The molecule has 0 saturated carbocycles. The van der Waals surface area contributed by atoms with Crippen LogP contribution in [0.1, 0.15) is 47.5 Å². The van der Waals surface area contributed by atoms with Crippen LogP contribution in [0, 0.1) is 0 Å². The number of ether oxygens (including phenoxy) is 4.